The zero-order chi connectivity index (χ0) is 10.1. The molecule has 1 saturated heterocycles. The first-order valence-electron chi connectivity index (χ1n) is 5.28. The number of rotatable bonds is 0. The van der Waals surface area contributed by atoms with Crippen LogP contribution in [-0.2, 0) is 13.6 Å². The zero-order valence-electron chi connectivity index (χ0n) is 8.82. The Hall–Kier alpha value is 0.0200. The summed E-state index contributed by atoms with van der Waals surface area (Å²) in [6, 6.07) is 0. The summed E-state index contributed by atoms with van der Waals surface area (Å²) in [6.45, 7) is 6.66. The molecule has 0 spiro atoms. The maximum atomic E-state index is 11.3. The largest absolute Gasteiger partial charge is 0.698 e. The lowest BCUT2D eigenvalue weighted by Gasteiger charge is -2.61. The third kappa shape index (κ3) is 0.868. The van der Waals surface area contributed by atoms with Crippen molar-refractivity contribution < 1.29 is 13.6 Å². The lowest BCUT2D eigenvalue weighted by molar-refractivity contribution is -0.199. The van der Waals surface area contributed by atoms with Gasteiger partial charge in [-0.25, -0.2) is 0 Å². The standard InChI is InChI=1S/C10H16O3P/c1-9(2)6-4-7(9)10(3)8(5-6)12-14(11)13-10/h6-8H,4-5H2,1-3H3/q+1/t6-,7-,8+,10-/m1/s1. The van der Waals surface area contributed by atoms with E-state index in [1.165, 1.54) is 6.42 Å². The van der Waals surface area contributed by atoms with E-state index in [1.807, 2.05) is 0 Å². The molecule has 4 rings (SSSR count). The van der Waals surface area contributed by atoms with Crippen LogP contribution in [0.15, 0.2) is 0 Å². The van der Waals surface area contributed by atoms with Gasteiger partial charge in [0.2, 0.25) is 0 Å². The summed E-state index contributed by atoms with van der Waals surface area (Å²) in [5.74, 6) is 1.25. The van der Waals surface area contributed by atoms with Crippen molar-refractivity contribution in [3.63, 3.8) is 0 Å². The van der Waals surface area contributed by atoms with Gasteiger partial charge in [-0.3, -0.25) is 0 Å². The summed E-state index contributed by atoms with van der Waals surface area (Å²) in [7, 11) is -1.86. The summed E-state index contributed by atoms with van der Waals surface area (Å²) < 4.78 is 22.2. The van der Waals surface area contributed by atoms with Gasteiger partial charge < -0.3 is 0 Å². The molecule has 4 aliphatic rings. The second-order valence-electron chi connectivity index (χ2n) is 5.64. The highest BCUT2D eigenvalue weighted by Gasteiger charge is 2.72. The van der Waals surface area contributed by atoms with Crippen molar-refractivity contribution >= 4 is 8.25 Å². The van der Waals surface area contributed by atoms with E-state index in [0.29, 0.717) is 11.3 Å². The topological polar surface area (TPSA) is 35.5 Å². The fourth-order valence-corrected chi connectivity index (χ4v) is 4.77. The molecule has 5 atom stereocenters. The summed E-state index contributed by atoms with van der Waals surface area (Å²) >= 11 is 0. The minimum absolute atomic E-state index is 0.0721. The van der Waals surface area contributed by atoms with Crippen LogP contribution in [0.1, 0.15) is 33.6 Å². The molecule has 1 heterocycles. The van der Waals surface area contributed by atoms with Crippen LogP contribution in [0.3, 0.4) is 0 Å². The second-order valence-corrected chi connectivity index (χ2v) is 6.48. The minimum Gasteiger partial charge on any atom is -0.112 e. The number of hydrogen-bond acceptors (Lipinski definition) is 3. The van der Waals surface area contributed by atoms with Crippen LogP contribution in [-0.4, -0.2) is 11.7 Å². The molecular formula is C10H16O3P+. The molecular weight excluding hydrogens is 199 g/mol. The monoisotopic (exact) mass is 215 g/mol. The van der Waals surface area contributed by atoms with Gasteiger partial charge in [0.1, 0.15) is 0 Å². The van der Waals surface area contributed by atoms with E-state index in [1.54, 1.807) is 0 Å². The highest BCUT2D eigenvalue weighted by Crippen LogP contribution is 2.68. The van der Waals surface area contributed by atoms with Crippen LogP contribution in [0.2, 0.25) is 0 Å². The van der Waals surface area contributed by atoms with E-state index in [-0.39, 0.29) is 11.7 Å². The molecule has 14 heavy (non-hydrogen) atoms. The summed E-state index contributed by atoms with van der Waals surface area (Å²) in [5.41, 5.74) is 0.0564. The predicted molar refractivity (Wildman–Crippen MR) is 52.0 cm³/mol. The van der Waals surface area contributed by atoms with E-state index >= 15 is 0 Å². The molecule has 3 saturated carbocycles. The first kappa shape index (κ1) is 9.26. The smallest absolute Gasteiger partial charge is 0.112 e. The summed E-state index contributed by atoms with van der Waals surface area (Å²) in [4.78, 5) is 0. The van der Waals surface area contributed by atoms with E-state index in [2.05, 4.69) is 20.8 Å². The van der Waals surface area contributed by atoms with Crippen LogP contribution in [0.4, 0.5) is 0 Å². The maximum absolute atomic E-state index is 11.3. The third-order valence-electron chi connectivity index (χ3n) is 4.78. The van der Waals surface area contributed by atoms with Gasteiger partial charge in [-0.15, -0.1) is 9.05 Å². The Bertz CT molecular complexity index is 314. The Morgan fingerprint density at radius 1 is 1.29 bits per heavy atom. The average molecular weight is 215 g/mol. The molecule has 4 fully saturated rings. The Balaban J connectivity index is 1.98. The molecule has 3 aliphatic carbocycles. The maximum Gasteiger partial charge on any atom is 0.698 e. The van der Waals surface area contributed by atoms with Crippen LogP contribution in [0.5, 0.6) is 0 Å². The minimum atomic E-state index is -1.86. The predicted octanol–water partition coefficient (Wildman–Crippen LogP) is 2.88. The molecule has 0 radical (unpaired) electrons. The van der Waals surface area contributed by atoms with Gasteiger partial charge in [0.05, 0.1) is 0 Å². The van der Waals surface area contributed by atoms with Crippen molar-refractivity contribution in [2.75, 3.05) is 0 Å². The fraction of sp³-hybridized carbons (Fsp3) is 1.00. The van der Waals surface area contributed by atoms with Crippen molar-refractivity contribution in [3.8, 4) is 0 Å². The Kier molecular flexibility index (Phi) is 1.58. The molecule has 0 aromatic rings. The summed E-state index contributed by atoms with van der Waals surface area (Å²) in [5, 5.41) is 0. The van der Waals surface area contributed by atoms with Crippen molar-refractivity contribution in [1.82, 2.24) is 0 Å². The molecule has 1 aliphatic heterocycles. The van der Waals surface area contributed by atoms with Gasteiger partial charge >= 0.3 is 8.25 Å². The van der Waals surface area contributed by atoms with Crippen LogP contribution < -0.4 is 0 Å². The Morgan fingerprint density at radius 3 is 2.64 bits per heavy atom. The van der Waals surface area contributed by atoms with E-state index in [9.17, 15) is 4.57 Å². The molecule has 0 amide bonds. The lowest BCUT2D eigenvalue weighted by Crippen LogP contribution is -2.65. The second kappa shape index (κ2) is 2.40. The fourth-order valence-electron chi connectivity index (χ4n) is 3.66. The van der Waals surface area contributed by atoms with E-state index < -0.39 is 8.25 Å². The molecule has 0 aromatic heterocycles. The van der Waals surface area contributed by atoms with E-state index in [0.717, 1.165) is 12.3 Å². The molecule has 4 heteroatoms. The molecule has 78 valence electrons. The Labute approximate surface area is 85.1 Å². The van der Waals surface area contributed by atoms with Gasteiger partial charge in [0.15, 0.2) is 11.7 Å². The van der Waals surface area contributed by atoms with Gasteiger partial charge in [-0.05, 0) is 31.1 Å². The van der Waals surface area contributed by atoms with Gasteiger partial charge in [0.25, 0.3) is 0 Å². The van der Waals surface area contributed by atoms with Gasteiger partial charge in [-0.2, -0.15) is 0 Å². The lowest BCUT2D eigenvalue weighted by atomic mass is 9.43. The normalized spacial score (nSPS) is 56.5. The van der Waals surface area contributed by atoms with Crippen molar-refractivity contribution in [2.45, 2.75) is 45.3 Å². The highest BCUT2D eigenvalue weighted by molar-refractivity contribution is 7.33. The van der Waals surface area contributed by atoms with Gasteiger partial charge in [-0.1, -0.05) is 13.8 Å². The molecule has 0 aromatic carbocycles. The van der Waals surface area contributed by atoms with Crippen LogP contribution in [0, 0.1) is 17.3 Å². The Morgan fingerprint density at radius 2 is 2.00 bits per heavy atom. The molecule has 2 bridgehead atoms. The zero-order valence-corrected chi connectivity index (χ0v) is 9.71. The van der Waals surface area contributed by atoms with Crippen molar-refractivity contribution in [1.29, 1.82) is 0 Å². The van der Waals surface area contributed by atoms with E-state index in [4.69, 9.17) is 9.05 Å². The molecule has 1 unspecified atom stereocenters. The third-order valence-corrected chi connectivity index (χ3v) is 5.75. The first-order valence-corrected chi connectivity index (χ1v) is 6.37. The quantitative estimate of drug-likeness (QED) is 0.583. The first-order chi connectivity index (χ1) is 6.44. The van der Waals surface area contributed by atoms with Crippen LogP contribution in [0.25, 0.3) is 0 Å². The van der Waals surface area contributed by atoms with Crippen molar-refractivity contribution in [2.24, 2.45) is 17.3 Å². The molecule has 0 N–H and O–H groups in total. The highest BCUT2D eigenvalue weighted by atomic mass is 31.1. The summed E-state index contributed by atoms with van der Waals surface area (Å²) in [6.07, 6.45) is 2.30. The van der Waals surface area contributed by atoms with Crippen molar-refractivity contribution in [3.05, 3.63) is 0 Å². The number of hydrogen-bond donors (Lipinski definition) is 0. The van der Waals surface area contributed by atoms with Gasteiger partial charge in [0, 0.05) is 10.5 Å². The molecule has 3 nitrogen and oxygen atoms in total. The van der Waals surface area contributed by atoms with Crippen LogP contribution >= 0.6 is 8.25 Å². The average Bonchev–Trinajstić information content (AvgIpc) is 2.37. The SMILES string of the molecule is CC1(C)[C@H]2C[C@@H]3O[P+](=O)O[C@]3(C)[C@@H]1C2.